The summed E-state index contributed by atoms with van der Waals surface area (Å²) in [4.78, 5) is 0. The molecule has 144 valence electrons. The van der Waals surface area contributed by atoms with E-state index in [0.717, 1.165) is 34.2 Å². The van der Waals surface area contributed by atoms with Gasteiger partial charge in [0.1, 0.15) is 11.6 Å². The number of aryl methyl sites for hydroxylation is 3. The largest absolute Gasteiger partial charge is 0.495 e. The molecule has 1 nitrogen and oxygen atoms in total. The minimum absolute atomic E-state index is 0.303. The third-order valence-electron chi connectivity index (χ3n) is 4.66. The molecule has 0 saturated heterocycles. The van der Waals surface area contributed by atoms with Crippen molar-refractivity contribution >= 4 is 0 Å². The lowest BCUT2D eigenvalue weighted by atomic mass is 10.00. The number of hydrogen-bond acceptors (Lipinski definition) is 1. The van der Waals surface area contributed by atoms with Crippen LogP contribution in [0.25, 0.3) is 0 Å². The second kappa shape index (κ2) is 9.13. The average Bonchev–Trinajstić information content (AvgIpc) is 2.72. The first-order valence-electron chi connectivity index (χ1n) is 9.58. The van der Waals surface area contributed by atoms with Gasteiger partial charge in [0.15, 0.2) is 0 Å². The number of halogens is 1. The molecule has 0 bridgehead atoms. The molecular weight excluding hydrogens is 359 g/mol. The van der Waals surface area contributed by atoms with E-state index in [4.69, 9.17) is 4.74 Å². The van der Waals surface area contributed by atoms with Gasteiger partial charge in [-0.15, -0.1) is 0 Å². The summed E-state index contributed by atoms with van der Waals surface area (Å²) in [6.07, 6.45) is 0.795. The number of benzene rings is 3. The van der Waals surface area contributed by atoms with Gasteiger partial charge in [0, 0.05) is 11.1 Å². The maximum absolute atomic E-state index is 14.1. The Morgan fingerprint density at radius 3 is 2.07 bits per heavy atom. The molecule has 0 aromatic heterocycles. The first kappa shape index (κ1) is 20.2. The van der Waals surface area contributed by atoms with Gasteiger partial charge < -0.3 is 4.74 Å². The van der Waals surface area contributed by atoms with Gasteiger partial charge in [-0.05, 0) is 67.8 Å². The van der Waals surface area contributed by atoms with Gasteiger partial charge in [-0.1, -0.05) is 54.4 Å². The SMILES string of the molecule is CCc1cc(C#Cc2ccc(C)cc2)c(OC)cc1C#Cc1ccc(C)cc1F. The fourth-order valence-corrected chi connectivity index (χ4v) is 2.93. The normalized spacial score (nSPS) is 9.83. The first-order valence-corrected chi connectivity index (χ1v) is 9.58. The predicted octanol–water partition coefficient (Wildman–Crippen LogP) is 5.81. The zero-order valence-electron chi connectivity index (χ0n) is 17.2. The van der Waals surface area contributed by atoms with Crippen LogP contribution in [0.3, 0.4) is 0 Å². The minimum atomic E-state index is -0.303. The fraction of sp³-hybridized carbons (Fsp3) is 0.185. The van der Waals surface area contributed by atoms with E-state index < -0.39 is 0 Å². The van der Waals surface area contributed by atoms with Crippen LogP contribution in [0.15, 0.2) is 54.6 Å². The van der Waals surface area contributed by atoms with Gasteiger partial charge in [-0.25, -0.2) is 4.39 Å². The second-order valence-electron chi connectivity index (χ2n) is 6.91. The molecule has 0 heterocycles. The monoisotopic (exact) mass is 382 g/mol. The van der Waals surface area contributed by atoms with Gasteiger partial charge in [-0.2, -0.15) is 0 Å². The van der Waals surface area contributed by atoms with Crippen molar-refractivity contribution in [2.45, 2.75) is 27.2 Å². The van der Waals surface area contributed by atoms with Crippen molar-refractivity contribution in [3.05, 3.63) is 99.4 Å². The molecule has 0 N–H and O–H groups in total. The highest BCUT2D eigenvalue weighted by molar-refractivity contribution is 5.58. The Kier molecular flexibility index (Phi) is 6.38. The minimum Gasteiger partial charge on any atom is -0.495 e. The molecule has 0 atom stereocenters. The third kappa shape index (κ3) is 5.07. The standard InChI is InChI=1S/C27H23FO/c1-5-22-17-25(13-11-21-9-6-19(2)7-10-21)27(29-4)18-24(22)15-14-23-12-8-20(3)16-26(23)28/h6-10,12,16-18H,5H2,1-4H3. The summed E-state index contributed by atoms with van der Waals surface area (Å²) in [5.41, 5.74) is 6.12. The Morgan fingerprint density at radius 2 is 1.41 bits per heavy atom. The summed E-state index contributed by atoms with van der Waals surface area (Å²) in [6.45, 7) is 5.98. The molecule has 0 spiro atoms. The van der Waals surface area contributed by atoms with Crippen LogP contribution >= 0.6 is 0 Å². The topological polar surface area (TPSA) is 9.23 Å². The van der Waals surface area contributed by atoms with Crippen LogP contribution in [0.2, 0.25) is 0 Å². The van der Waals surface area contributed by atoms with Crippen LogP contribution in [0.4, 0.5) is 4.39 Å². The molecule has 0 aliphatic heterocycles. The van der Waals surface area contributed by atoms with Crippen LogP contribution < -0.4 is 4.74 Å². The molecule has 3 aromatic carbocycles. The van der Waals surface area contributed by atoms with E-state index in [1.165, 1.54) is 11.6 Å². The number of methoxy groups -OCH3 is 1. The van der Waals surface area contributed by atoms with Crippen molar-refractivity contribution in [3.63, 3.8) is 0 Å². The lowest BCUT2D eigenvalue weighted by Crippen LogP contribution is -1.95. The van der Waals surface area contributed by atoms with E-state index in [1.807, 2.05) is 49.4 Å². The van der Waals surface area contributed by atoms with E-state index >= 15 is 0 Å². The van der Waals surface area contributed by atoms with Crippen LogP contribution in [0.1, 0.15) is 45.9 Å². The van der Waals surface area contributed by atoms with Gasteiger partial charge in [-0.3, -0.25) is 0 Å². The van der Waals surface area contributed by atoms with Crippen LogP contribution in [0.5, 0.6) is 5.75 Å². The third-order valence-corrected chi connectivity index (χ3v) is 4.66. The Balaban J connectivity index is 1.99. The maximum Gasteiger partial charge on any atom is 0.139 e. The van der Waals surface area contributed by atoms with Crippen LogP contribution in [-0.4, -0.2) is 7.11 Å². The quantitative estimate of drug-likeness (QED) is 0.508. The molecule has 3 rings (SSSR count). The van der Waals surface area contributed by atoms with E-state index in [2.05, 4.69) is 37.5 Å². The predicted molar refractivity (Wildman–Crippen MR) is 117 cm³/mol. The van der Waals surface area contributed by atoms with Crippen molar-refractivity contribution in [2.24, 2.45) is 0 Å². The maximum atomic E-state index is 14.1. The van der Waals surface area contributed by atoms with Crippen molar-refractivity contribution in [3.8, 4) is 29.4 Å². The van der Waals surface area contributed by atoms with Crippen molar-refractivity contribution in [2.75, 3.05) is 7.11 Å². The molecule has 0 amide bonds. The highest BCUT2D eigenvalue weighted by Gasteiger charge is 2.07. The van der Waals surface area contributed by atoms with Gasteiger partial charge >= 0.3 is 0 Å². The second-order valence-corrected chi connectivity index (χ2v) is 6.91. The number of hydrogen-bond donors (Lipinski definition) is 0. The Hall–Kier alpha value is -3.49. The van der Waals surface area contributed by atoms with E-state index in [0.29, 0.717) is 11.3 Å². The molecule has 0 unspecified atom stereocenters. The molecule has 2 heteroatoms. The smallest absolute Gasteiger partial charge is 0.139 e. The van der Waals surface area contributed by atoms with E-state index in [-0.39, 0.29) is 5.82 Å². The van der Waals surface area contributed by atoms with Gasteiger partial charge in [0.2, 0.25) is 0 Å². The zero-order chi connectivity index (χ0) is 20.8. The Morgan fingerprint density at radius 1 is 0.759 bits per heavy atom. The fourth-order valence-electron chi connectivity index (χ4n) is 2.93. The van der Waals surface area contributed by atoms with E-state index in [1.54, 1.807) is 13.2 Å². The summed E-state index contributed by atoms with van der Waals surface area (Å²) in [5, 5.41) is 0. The Bertz CT molecular complexity index is 1150. The van der Waals surface area contributed by atoms with E-state index in [9.17, 15) is 4.39 Å². The molecule has 0 radical (unpaired) electrons. The van der Waals surface area contributed by atoms with Crippen LogP contribution in [-0.2, 0) is 6.42 Å². The molecule has 0 saturated carbocycles. The summed E-state index contributed by atoms with van der Waals surface area (Å²) < 4.78 is 19.6. The molecule has 29 heavy (non-hydrogen) atoms. The molecule has 3 aromatic rings. The average molecular weight is 382 g/mol. The molecule has 0 fully saturated rings. The zero-order valence-corrected chi connectivity index (χ0v) is 17.2. The number of rotatable bonds is 2. The van der Waals surface area contributed by atoms with Gasteiger partial charge in [0.05, 0.1) is 18.2 Å². The first-order chi connectivity index (χ1) is 14.0. The lowest BCUT2D eigenvalue weighted by molar-refractivity contribution is 0.413. The molecule has 0 aliphatic rings. The molecule has 0 aliphatic carbocycles. The summed E-state index contributed by atoms with van der Waals surface area (Å²) >= 11 is 0. The summed E-state index contributed by atoms with van der Waals surface area (Å²) in [7, 11) is 1.62. The summed E-state index contributed by atoms with van der Waals surface area (Å²) in [6, 6.07) is 17.1. The highest BCUT2D eigenvalue weighted by atomic mass is 19.1. The van der Waals surface area contributed by atoms with Gasteiger partial charge in [0.25, 0.3) is 0 Å². The summed E-state index contributed by atoms with van der Waals surface area (Å²) in [5.74, 6) is 12.8. The molecular formula is C27H23FO. The van der Waals surface area contributed by atoms with Crippen molar-refractivity contribution in [1.82, 2.24) is 0 Å². The van der Waals surface area contributed by atoms with Crippen molar-refractivity contribution in [1.29, 1.82) is 0 Å². The van der Waals surface area contributed by atoms with Crippen molar-refractivity contribution < 1.29 is 9.13 Å². The van der Waals surface area contributed by atoms with Crippen LogP contribution in [0, 0.1) is 43.3 Å². The highest BCUT2D eigenvalue weighted by Crippen LogP contribution is 2.24. The lowest BCUT2D eigenvalue weighted by Gasteiger charge is -2.08. The Labute approximate surface area is 172 Å². The number of ether oxygens (including phenoxy) is 1.